The minimum Gasteiger partial charge on any atom is -0.339 e. The van der Waals surface area contributed by atoms with Crippen molar-refractivity contribution in [1.29, 1.82) is 0 Å². The lowest BCUT2D eigenvalue weighted by Crippen LogP contribution is -2.49. The number of halogens is 1. The van der Waals surface area contributed by atoms with Crippen LogP contribution in [-0.4, -0.2) is 39.7 Å². The molecule has 0 aromatic carbocycles. The van der Waals surface area contributed by atoms with Crippen molar-refractivity contribution < 1.29 is 4.79 Å². The summed E-state index contributed by atoms with van der Waals surface area (Å²) >= 11 is 5.46. The van der Waals surface area contributed by atoms with Crippen LogP contribution in [0.1, 0.15) is 38.5 Å². The van der Waals surface area contributed by atoms with E-state index in [0.717, 1.165) is 24.6 Å². The zero-order valence-corrected chi connectivity index (χ0v) is 12.2. The van der Waals surface area contributed by atoms with Gasteiger partial charge in [-0.2, -0.15) is 11.8 Å². The Balaban J connectivity index is 1.97. The Morgan fingerprint density at radius 2 is 2.12 bits per heavy atom. The number of carbonyl (C=O) groups is 1. The lowest BCUT2D eigenvalue weighted by molar-refractivity contribution is -0.135. The first kappa shape index (κ1) is 12.7. The molecule has 4 heteroatoms. The fourth-order valence-corrected chi connectivity index (χ4v) is 4.24. The predicted octanol–water partition coefficient (Wildman–Crippen LogP) is 3.05. The molecule has 3 unspecified atom stereocenters. The first-order chi connectivity index (χ1) is 7.72. The summed E-state index contributed by atoms with van der Waals surface area (Å²) in [7, 11) is 0. The van der Waals surface area contributed by atoms with Gasteiger partial charge in [0.05, 0.1) is 4.83 Å². The summed E-state index contributed by atoms with van der Waals surface area (Å²) in [5, 5.41) is 0.766. The number of alkyl halides is 1. The maximum Gasteiger partial charge on any atom is 0.236 e. The second-order valence-electron chi connectivity index (χ2n) is 4.82. The van der Waals surface area contributed by atoms with Gasteiger partial charge in [-0.05, 0) is 38.4 Å². The van der Waals surface area contributed by atoms with Crippen molar-refractivity contribution in [3.63, 3.8) is 0 Å². The van der Waals surface area contributed by atoms with Crippen molar-refractivity contribution in [3.05, 3.63) is 0 Å². The number of rotatable bonds is 2. The molecular weight excluding hydrogens is 286 g/mol. The third-order valence-electron chi connectivity index (χ3n) is 3.78. The molecule has 1 aliphatic heterocycles. The van der Waals surface area contributed by atoms with Crippen LogP contribution in [0.25, 0.3) is 0 Å². The normalized spacial score (nSPS) is 36.5. The molecular formula is C12H20BrNOS. The van der Waals surface area contributed by atoms with Crippen molar-refractivity contribution in [1.82, 2.24) is 4.90 Å². The summed E-state index contributed by atoms with van der Waals surface area (Å²) in [5.74, 6) is 0.331. The Hall–Kier alpha value is 0.300. The minimum absolute atomic E-state index is 0.0795. The number of amides is 1. The number of hydrogen-bond acceptors (Lipinski definition) is 2. The molecule has 1 saturated heterocycles. The zero-order chi connectivity index (χ0) is 11.5. The van der Waals surface area contributed by atoms with E-state index in [4.69, 9.17) is 0 Å². The van der Waals surface area contributed by atoms with Gasteiger partial charge < -0.3 is 4.90 Å². The topological polar surface area (TPSA) is 20.3 Å². The molecule has 2 fully saturated rings. The van der Waals surface area contributed by atoms with E-state index in [1.807, 2.05) is 11.8 Å². The Morgan fingerprint density at radius 1 is 1.31 bits per heavy atom. The summed E-state index contributed by atoms with van der Waals surface area (Å²) in [6.07, 6.45) is 9.38. The van der Waals surface area contributed by atoms with Crippen molar-refractivity contribution >= 4 is 33.6 Å². The maximum absolute atomic E-state index is 12.1. The number of carbonyl (C=O) groups excluding carboxylic acids is 1. The Morgan fingerprint density at radius 3 is 2.88 bits per heavy atom. The highest BCUT2D eigenvalue weighted by Crippen LogP contribution is 2.32. The van der Waals surface area contributed by atoms with E-state index < -0.39 is 0 Å². The molecule has 0 N–H and O–H groups in total. The molecule has 0 bridgehead atoms. The first-order valence-electron chi connectivity index (χ1n) is 6.19. The van der Waals surface area contributed by atoms with E-state index in [1.54, 1.807) is 0 Å². The molecule has 1 heterocycles. The van der Waals surface area contributed by atoms with E-state index in [9.17, 15) is 4.79 Å². The molecule has 92 valence electrons. The number of nitrogens with zero attached hydrogens (tertiary/aromatic N) is 1. The molecule has 1 aliphatic carbocycles. The third-order valence-corrected chi connectivity index (χ3v) is 5.72. The van der Waals surface area contributed by atoms with Gasteiger partial charge in [-0.15, -0.1) is 0 Å². The maximum atomic E-state index is 12.1. The quantitative estimate of drug-likeness (QED) is 0.731. The van der Waals surface area contributed by atoms with Crippen LogP contribution in [0.15, 0.2) is 0 Å². The average molecular weight is 306 g/mol. The van der Waals surface area contributed by atoms with E-state index in [-0.39, 0.29) is 4.83 Å². The average Bonchev–Trinajstić information content (AvgIpc) is 2.33. The monoisotopic (exact) mass is 305 g/mol. The SMILES string of the molecule is CSC1CCCC(N2CCCC(Br)C2=O)C1. The van der Waals surface area contributed by atoms with Crippen LogP contribution < -0.4 is 0 Å². The predicted molar refractivity (Wildman–Crippen MR) is 73.2 cm³/mol. The molecule has 2 rings (SSSR count). The Kier molecular flexibility index (Phi) is 4.59. The van der Waals surface area contributed by atoms with Crippen LogP contribution in [0.4, 0.5) is 0 Å². The third kappa shape index (κ3) is 2.76. The van der Waals surface area contributed by atoms with Gasteiger partial charge in [-0.3, -0.25) is 4.79 Å². The fraction of sp³-hybridized carbons (Fsp3) is 0.917. The molecule has 16 heavy (non-hydrogen) atoms. The van der Waals surface area contributed by atoms with Gasteiger partial charge in [0.25, 0.3) is 0 Å². The van der Waals surface area contributed by atoms with Gasteiger partial charge in [-0.1, -0.05) is 22.4 Å². The second-order valence-corrected chi connectivity index (χ2v) is 7.06. The van der Waals surface area contributed by atoms with Crippen molar-refractivity contribution in [2.45, 2.75) is 54.6 Å². The molecule has 0 aromatic heterocycles. The lowest BCUT2D eigenvalue weighted by Gasteiger charge is -2.40. The molecule has 2 nitrogen and oxygen atoms in total. The standard InChI is InChI=1S/C12H20BrNOS/c1-16-10-5-2-4-9(8-10)14-7-3-6-11(13)12(14)15/h9-11H,2-8H2,1H3. The molecule has 1 amide bonds. The van der Waals surface area contributed by atoms with Gasteiger partial charge >= 0.3 is 0 Å². The first-order valence-corrected chi connectivity index (χ1v) is 8.40. The molecule has 0 spiro atoms. The highest BCUT2D eigenvalue weighted by molar-refractivity contribution is 9.10. The van der Waals surface area contributed by atoms with Crippen LogP contribution in [0.5, 0.6) is 0 Å². The Bertz CT molecular complexity index is 261. The van der Waals surface area contributed by atoms with Crippen LogP contribution >= 0.6 is 27.7 Å². The summed E-state index contributed by atoms with van der Waals surface area (Å²) in [4.78, 5) is 14.3. The van der Waals surface area contributed by atoms with Gasteiger partial charge in [0.1, 0.15) is 0 Å². The number of hydrogen-bond donors (Lipinski definition) is 0. The van der Waals surface area contributed by atoms with Gasteiger partial charge in [0, 0.05) is 17.8 Å². The van der Waals surface area contributed by atoms with Crippen molar-refractivity contribution in [3.8, 4) is 0 Å². The fourth-order valence-electron chi connectivity index (χ4n) is 2.83. The van der Waals surface area contributed by atoms with Crippen LogP contribution in [0, 0.1) is 0 Å². The van der Waals surface area contributed by atoms with Gasteiger partial charge in [-0.25, -0.2) is 0 Å². The summed E-state index contributed by atoms with van der Waals surface area (Å²) in [6.45, 7) is 0.979. The van der Waals surface area contributed by atoms with E-state index in [0.29, 0.717) is 11.9 Å². The van der Waals surface area contributed by atoms with Gasteiger partial charge in [0.15, 0.2) is 0 Å². The molecule has 0 radical (unpaired) electrons. The summed E-state index contributed by atoms with van der Waals surface area (Å²) in [6, 6.07) is 0.513. The largest absolute Gasteiger partial charge is 0.339 e. The molecule has 3 atom stereocenters. The number of likely N-dealkylation sites (tertiary alicyclic amines) is 1. The second kappa shape index (κ2) is 5.76. The van der Waals surface area contributed by atoms with E-state index in [2.05, 4.69) is 27.1 Å². The van der Waals surface area contributed by atoms with Crippen LogP contribution in [0.2, 0.25) is 0 Å². The highest BCUT2D eigenvalue weighted by atomic mass is 79.9. The molecule has 2 aliphatic rings. The Labute approximate surface area is 111 Å². The van der Waals surface area contributed by atoms with Crippen LogP contribution in [-0.2, 0) is 4.79 Å². The van der Waals surface area contributed by atoms with Crippen molar-refractivity contribution in [2.24, 2.45) is 0 Å². The van der Waals surface area contributed by atoms with Gasteiger partial charge in [0.2, 0.25) is 5.91 Å². The van der Waals surface area contributed by atoms with E-state index in [1.165, 1.54) is 25.7 Å². The van der Waals surface area contributed by atoms with E-state index >= 15 is 0 Å². The zero-order valence-electron chi connectivity index (χ0n) is 9.82. The summed E-state index contributed by atoms with van der Waals surface area (Å²) < 4.78 is 0. The molecule has 1 saturated carbocycles. The number of piperidine rings is 1. The highest BCUT2D eigenvalue weighted by Gasteiger charge is 2.34. The molecule has 0 aromatic rings. The smallest absolute Gasteiger partial charge is 0.236 e. The minimum atomic E-state index is 0.0795. The summed E-state index contributed by atoms with van der Waals surface area (Å²) in [5.41, 5.74) is 0. The lowest BCUT2D eigenvalue weighted by atomic mass is 9.92. The van der Waals surface area contributed by atoms with Crippen LogP contribution in [0.3, 0.4) is 0 Å². The number of thioether (sulfide) groups is 1. The van der Waals surface area contributed by atoms with Crippen molar-refractivity contribution in [2.75, 3.05) is 12.8 Å².